The Labute approximate surface area is 96.3 Å². The standard InChI is InChI=1S/C13H18N2O/c1-13-7-8-14(2)12(13)15(3)9-5-4-6-10(16)11(9)13/h4-6,12,16H,7-8H2,1-3H3/t12-,13+/m0/s1. The zero-order valence-electron chi connectivity index (χ0n) is 10.1. The fourth-order valence-electron chi connectivity index (χ4n) is 3.66. The first-order valence-corrected chi connectivity index (χ1v) is 5.81. The number of phenolic OH excluding ortho intramolecular Hbond substituents is 1. The van der Waals surface area contributed by atoms with Crippen LogP contribution in [-0.4, -0.2) is 36.8 Å². The summed E-state index contributed by atoms with van der Waals surface area (Å²) in [5.74, 6) is 0.449. The number of likely N-dealkylation sites (N-methyl/N-ethyl adjacent to an activating group) is 2. The topological polar surface area (TPSA) is 26.7 Å². The second-order valence-corrected chi connectivity index (χ2v) is 5.30. The molecule has 0 amide bonds. The average molecular weight is 218 g/mol. The Morgan fingerprint density at radius 2 is 2.12 bits per heavy atom. The summed E-state index contributed by atoms with van der Waals surface area (Å²) in [5, 5.41) is 10.1. The van der Waals surface area contributed by atoms with Gasteiger partial charge in [0.15, 0.2) is 0 Å². The lowest BCUT2D eigenvalue weighted by Crippen LogP contribution is -2.45. The Morgan fingerprint density at radius 3 is 2.88 bits per heavy atom. The van der Waals surface area contributed by atoms with Crippen LogP contribution in [0, 0.1) is 0 Å². The first-order chi connectivity index (χ1) is 7.55. The van der Waals surface area contributed by atoms with E-state index in [1.165, 1.54) is 5.69 Å². The molecular weight excluding hydrogens is 200 g/mol. The molecule has 0 saturated carbocycles. The quantitative estimate of drug-likeness (QED) is 0.719. The average Bonchev–Trinajstić information content (AvgIpc) is 2.65. The highest BCUT2D eigenvalue weighted by Gasteiger charge is 2.53. The Morgan fingerprint density at radius 1 is 1.38 bits per heavy atom. The molecule has 2 atom stereocenters. The van der Waals surface area contributed by atoms with Crippen LogP contribution in [0.3, 0.4) is 0 Å². The van der Waals surface area contributed by atoms with Crippen LogP contribution in [0.25, 0.3) is 0 Å². The maximum atomic E-state index is 10.1. The number of hydrogen-bond acceptors (Lipinski definition) is 3. The lowest BCUT2D eigenvalue weighted by Gasteiger charge is -2.32. The van der Waals surface area contributed by atoms with Crippen LogP contribution in [0.15, 0.2) is 18.2 Å². The van der Waals surface area contributed by atoms with Crippen LogP contribution in [0.4, 0.5) is 5.69 Å². The zero-order chi connectivity index (χ0) is 11.5. The maximum absolute atomic E-state index is 10.1. The SMILES string of the molecule is CN1CC[C@]2(C)c3c(O)cccc3N(C)[C@H]12. The van der Waals surface area contributed by atoms with Crippen molar-refractivity contribution in [3.05, 3.63) is 23.8 Å². The molecular formula is C13H18N2O. The molecule has 2 aliphatic heterocycles. The van der Waals surface area contributed by atoms with Crippen LogP contribution >= 0.6 is 0 Å². The molecule has 1 fully saturated rings. The highest BCUT2D eigenvalue weighted by atomic mass is 16.3. The minimum atomic E-state index is 0.0736. The van der Waals surface area contributed by atoms with Crippen LogP contribution in [0.2, 0.25) is 0 Å². The summed E-state index contributed by atoms with van der Waals surface area (Å²) in [6, 6.07) is 5.83. The first-order valence-electron chi connectivity index (χ1n) is 5.81. The van der Waals surface area contributed by atoms with Crippen molar-refractivity contribution in [1.29, 1.82) is 0 Å². The van der Waals surface area contributed by atoms with Gasteiger partial charge in [0, 0.05) is 30.3 Å². The Balaban J connectivity index is 2.24. The molecule has 3 heteroatoms. The second-order valence-electron chi connectivity index (χ2n) is 5.30. The zero-order valence-corrected chi connectivity index (χ0v) is 10.1. The van der Waals surface area contributed by atoms with E-state index in [2.05, 4.69) is 36.9 Å². The third-order valence-electron chi connectivity index (χ3n) is 4.31. The van der Waals surface area contributed by atoms with Crippen molar-refractivity contribution in [2.45, 2.75) is 24.9 Å². The lowest BCUT2D eigenvalue weighted by atomic mass is 9.81. The molecule has 0 radical (unpaired) electrons. The number of nitrogens with zero attached hydrogens (tertiary/aromatic N) is 2. The third kappa shape index (κ3) is 0.969. The number of hydrogen-bond donors (Lipinski definition) is 1. The fraction of sp³-hybridized carbons (Fsp3) is 0.538. The molecule has 3 rings (SSSR count). The summed E-state index contributed by atoms with van der Waals surface area (Å²) in [4.78, 5) is 4.67. The lowest BCUT2D eigenvalue weighted by molar-refractivity contribution is 0.266. The number of aromatic hydroxyl groups is 1. The Bertz CT molecular complexity index is 446. The number of anilines is 1. The van der Waals surface area contributed by atoms with E-state index >= 15 is 0 Å². The van der Waals surface area contributed by atoms with E-state index in [1.54, 1.807) is 6.07 Å². The molecule has 0 unspecified atom stereocenters. The van der Waals surface area contributed by atoms with Crippen molar-refractivity contribution in [2.24, 2.45) is 0 Å². The molecule has 16 heavy (non-hydrogen) atoms. The predicted octanol–water partition coefficient (Wildman–Crippen LogP) is 1.76. The van der Waals surface area contributed by atoms with Gasteiger partial charge in [-0.05, 0) is 25.6 Å². The van der Waals surface area contributed by atoms with Crippen LogP contribution in [0.5, 0.6) is 5.75 Å². The molecule has 2 heterocycles. The maximum Gasteiger partial charge on any atom is 0.121 e. The molecule has 0 bridgehead atoms. The molecule has 0 aromatic heterocycles. The van der Waals surface area contributed by atoms with Gasteiger partial charge in [-0.2, -0.15) is 0 Å². The van der Waals surface area contributed by atoms with Crippen molar-refractivity contribution in [2.75, 3.05) is 25.5 Å². The summed E-state index contributed by atoms with van der Waals surface area (Å²) in [6.07, 6.45) is 1.50. The van der Waals surface area contributed by atoms with Gasteiger partial charge in [0.25, 0.3) is 0 Å². The summed E-state index contributed by atoms with van der Waals surface area (Å²) >= 11 is 0. The van der Waals surface area contributed by atoms with Crippen LogP contribution < -0.4 is 4.90 Å². The van der Waals surface area contributed by atoms with Gasteiger partial charge in [0.2, 0.25) is 0 Å². The van der Waals surface area contributed by atoms with Crippen LogP contribution in [0.1, 0.15) is 18.9 Å². The highest BCUT2D eigenvalue weighted by molar-refractivity contribution is 5.68. The van der Waals surface area contributed by atoms with Gasteiger partial charge >= 0.3 is 0 Å². The predicted molar refractivity (Wildman–Crippen MR) is 64.9 cm³/mol. The van der Waals surface area contributed by atoms with Crippen molar-refractivity contribution >= 4 is 5.69 Å². The normalized spacial score (nSPS) is 32.9. The summed E-state index contributed by atoms with van der Waals surface area (Å²) in [5.41, 5.74) is 2.38. The van der Waals surface area contributed by atoms with Crippen molar-refractivity contribution in [1.82, 2.24) is 4.90 Å². The van der Waals surface area contributed by atoms with Gasteiger partial charge in [0.05, 0.1) is 6.17 Å². The molecule has 1 aromatic carbocycles. The molecule has 1 N–H and O–H groups in total. The van der Waals surface area contributed by atoms with Gasteiger partial charge < -0.3 is 10.0 Å². The number of phenols is 1. The van der Waals surface area contributed by atoms with Gasteiger partial charge in [-0.3, -0.25) is 4.90 Å². The van der Waals surface area contributed by atoms with Crippen molar-refractivity contribution < 1.29 is 5.11 Å². The van der Waals surface area contributed by atoms with E-state index in [0.717, 1.165) is 18.5 Å². The second kappa shape index (κ2) is 2.92. The number of benzene rings is 1. The van der Waals surface area contributed by atoms with Gasteiger partial charge in [-0.1, -0.05) is 13.0 Å². The molecule has 3 nitrogen and oxygen atoms in total. The monoisotopic (exact) mass is 218 g/mol. The van der Waals surface area contributed by atoms with Gasteiger partial charge in [-0.25, -0.2) is 0 Å². The first kappa shape index (κ1) is 9.97. The summed E-state index contributed by atoms with van der Waals surface area (Å²) in [6.45, 7) is 3.36. The van der Waals surface area contributed by atoms with E-state index in [-0.39, 0.29) is 5.41 Å². The van der Waals surface area contributed by atoms with E-state index in [9.17, 15) is 5.11 Å². The van der Waals surface area contributed by atoms with Crippen LogP contribution in [-0.2, 0) is 5.41 Å². The Hall–Kier alpha value is -1.22. The van der Waals surface area contributed by atoms with E-state index < -0.39 is 0 Å². The van der Waals surface area contributed by atoms with E-state index in [4.69, 9.17) is 0 Å². The summed E-state index contributed by atoms with van der Waals surface area (Å²) in [7, 11) is 4.28. The molecule has 86 valence electrons. The van der Waals surface area contributed by atoms with Crippen molar-refractivity contribution in [3.8, 4) is 5.75 Å². The largest absolute Gasteiger partial charge is 0.508 e. The highest BCUT2D eigenvalue weighted by Crippen LogP contribution is 2.53. The number of rotatable bonds is 0. The minimum Gasteiger partial charge on any atom is -0.508 e. The molecule has 0 aliphatic carbocycles. The van der Waals surface area contributed by atoms with Gasteiger partial charge in [0.1, 0.15) is 5.75 Å². The van der Waals surface area contributed by atoms with Gasteiger partial charge in [-0.15, -0.1) is 0 Å². The summed E-state index contributed by atoms with van der Waals surface area (Å²) < 4.78 is 0. The Kier molecular flexibility index (Phi) is 1.82. The van der Waals surface area contributed by atoms with E-state index in [1.807, 2.05) is 6.07 Å². The number of fused-ring (bicyclic) bond motifs is 3. The molecule has 2 aliphatic rings. The molecule has 1 saturated heterocycles. The minimum absolute atomic E-state index is 0.0736. The van der Waals surface area contributed by atoms with Crippen molar-refractivity contribution in [3.63, 3.8) is 0 Å². The van der Waals surface area contributed by atoms with E-state index in [0.29, 0.717) is 11.9 Å². The number of likely N-dealkylation sites (tertiary alicyclic amines) is 1. The molecule has 0 spiro atoms. The smallest absolute Gasteiger partial charge is 0.121 e. The third-order valence-corrected chi connectivity index (χ3v) is 4.31. The fourth-order valence-corrected chi connectivity index (χ4v) is 3.66. The molecule has 1 aromatic rings.